The number of carbonyl (C=O) groups is 7. The summed E-state index contributed by atoms with van der Waals surface area (Å²) in [5, 5.41) is 19.7. The normalized spacial score (nSPS) is 18.5. The minimum atomic E-state index is -1.36. The van der Waals surface area contributed by atoms with Crippen molar-refractivity contribution in [2.45, 2.75) is 102 Å². The third kappa shape index (κ3) is 12.1. The lowest BCUT2D eigenvalue weighted by atomic mass is 9.85. The number of carbonyl (C=O) groups excluding carboxylic acids is 6. The Hall–Kier alpha value is -3.79. The smallest absolute Gasteiger partial charge is 0.407 e. The maximum atomic E-state index is 14.3. The Bertz CT molecular complexity index is 1450. The highest BCUT2D eigenvalue weighted by atomic mass is 32.2. The summed E-state index contributed by atoms with van der Waals surface area (Å²) in [6, 6.07) is 3.42. The van der Waals surface area contributed by atoms with E-state index in [4.69, 9.17) is 4.74 Å². The van der Waals surface area contributed by atoms with Crippen molar-refractivity contribution in [3.05, 3.63) is 35.9 Å². The van der Waals surface area contributed by atoms with Gasteiger partial charge in [0.1, 0.15) is 12.1 Å². The van der Waals surface area contributed by atoms with Crippen molar-refractivity contribution >= 4 is 65.0 Å². The van der Waals surface area contributed by atoms with Crippen LogP contribution < -0.4 is 21.3 Å². The molecule has 14 nitrogen and oxygen atoms in total. The van der Waals surface area contributed by atoms with Gasteiger partial charge in [-0.3, -0.25) is 24.0 Å². The topological polar surface area (TPSA) is 200 Å². The molecule has 3 rings (SSSR count). The molecule has 2 aliphatic heterocycles. The molecule has 288 valence electrons. The van der Waals surface area contributed by atoms with E-state index in [1.54, 1.807) is 41.7 Å². The molecule has 0 radical (unpaired) electrons. The van der Waals surface area contributed by atoms with Crippen LogP contribution in [0.5, 0.6) is 0 Å². The number of carboxylic acid groups (broad SMARTS) is 1. The minimum absolute atomic E-state index is 0.0907. The average molecular weight is 764 g/mol. The fourth-order valence-corrected chi connectivity index (χ4v) is 9.19. The predicted octanol–water partition coefficient (Wildman–Crippen LogP) is 3.25. The molecule has 16 heteroatoms. The SMILES string of the molecule is CCCC[C@@H](NC(=O)[C@@H]1CC2(CN1C(=O)[C@@H](NC(=O)OCC(C)C)C(C)(C)C)SCCCS2)C(=O)C(=O)NCC(=O)NC(C(=O)O)c1ccccc1. The van der Waals surface area contributed by atoms with Crippen LogP contribution in [0.25, 0.3) is 0 Å². The Labute approximate surface area is 314 Å². The van der Waals surface area contributed by atoms with Gasteiger partial charge in [0, 0.05) is 13.0 Å². The Kier molecular flexibility index (Phi) is 15.8. The van der Waals surface area contributed by atoms with Crippen LogP contribution >= 0.6 is 23.5 Å². The van der Waals surface area contributed by atoms with E-state index in [9.17, 15) is 38.7 Å². The van der Waals surface area contributed by atoms with Crippen LogP contribution in [0.4, 0.5) is 4.79 Å². The molecule has 1 spiro atoms. The number of thioether (sulfide) groups is 2. The number of ether oxygens (including phenoxy) is 1. The molecule has 52 heavy (non-hydrogen) atoms. The number of nitrogens with one attached hydrogen (secondary N) is 4. The number of Topliss-reactive ketones (excluding diaryl/α,β-unsaturated/α-hetero) is 1. The molecule has 2 heterocycles. The van der Waals surface area contributed by atoms with E-state index in [-0.39, 0.29) is 25.5 Å². The van der Waals surface area contributed by atoms with Crippen molar-refractivity contribution in [1.29, 1.82) is 0 Å². The lowest BCUT2D eigenvalue weighted by Gasteiger charge is -2.36. The molecule has 5 amide bonds. The molecule has 2 aliphatic rings. The van der Waals surface area contributed by atoms with Crippen molar-refractivity contribution in [2.24, 2.45) is 11.3 Å². The van der Waals surface area contributed by atoms with Gasteiger partial charge in [-0.15, -0.1) is 23.5 Å². The average Bonchev–Trinajstić information content (AvgIpc) is 3.47. The number of hydrogen-bond donors (Lipinski definition) is 5. The van der Waals surface area contributed by atoms with Crippen LogP contribution in [0.1, 0.15) is 85.3 Å². The monoisotopic (exact) mass is 763 g/mol. The first-order valence-corrected chi connectivity index (χ1v) is 19.7. The van der Waals surface area contributed by atoms with Crippen LogP contribution in [0.2, 0.25) is 0 Å². The number of rotatable bonds is 16. The van der Waals surface area contributed by atoms with Crippen molar-refractivity contribution < 1.29 is 43.4 Å². The predicted molar refractivity (Wildman–Crippen MR) is 199 cm³/mol. The highest BCUT2D eigenvalue weighted by molar-refractivity contribution is 8.18. The van der Waals surface area contributed by atoms with E-state index in [1.165, 1.54) is 17.0 Å². The lowest BCUT2D eigenvalue weighted by Crippen LogP contribution is -2.59. The quantitative estimate of drug-likeness (QED) is 0.155. The molecule has 0 aliphatic carbocycles. The van der Waals surface area contributed by atoms with Gasteiger partial charge in [-0.05, 0) is 41.2 Å². The van der Waals surface area contributed by atoms with Crippen molar-refractivity contribution in [2.75, 3.05) is 31.2 Å². The molecule has 1 aromatic rings. The summed E-state index contributed by atoms with van der Waals surface area (Å²) in [4.78, 5) is 93.5. The zero-order chi connectivity index (χ0) is 38.6. The summed E-state index contributed by atoms with van der Waals surface area (Å²) in [6.45, 7) is 10.9. The van der Waals surface area contributed by atoms with Crippen molar-refractivity contribution in [3.8, 4) is 0 Å². The van der Waals surface area contributed by atoms with E-state index in [0.717, 1.165) is 17.9 Å². The number of ketones is 1. The van der Waals surface area contributed by atoms with Crippen LogP contribution in [-0.4, -0.2) is 105 Å². The van der Waals surface area contributed by atoms with Crippen LogP contribution in [-0.2, 0) is 33.5 Å². The van der Waals surface area contributed by atoms with E-state index in [0.29, 0.717) is 24.8 Å². The molecule has 1 aromatic carbocycles. The Morgan fingerprint density at radius 1 is 1.00 bits per heavy atom. The maximum Gasteiger partial charge on any atom is 0.407 e. The molecular formula is C36H53N5O9S2. The van der Waals surface area contributed by atoms with Gasteiger partial charge in [0.2, 0.25) is 23.5 Å². The van der Waals surface area contributed by atoms with E-state index in [2.05, 4.69) is 21.3 Å². The first-order chi connectivity index (χ1) is 24.5. The Morgan fingerprint density at radius 3 is 2.23 bits per heavy atom. The summed E-state index contributed by atoms with van der Waals surface area (Å²) in [7, 11) is 0. The molecule has 5 N–H and O–H groups in total. The molecular weight excluding hydrogens is 711 g/mol. The van der Waals surface area contributed by atoms with E-state index >= 15 is 0 Å². The molecule has 2 saturated heterocycles. The first-order valence-electron chi connectivity index (χ1n) is 17.7. The highest BCUT2D eigenvalue weighted by Crippen LogP contribution is 2.50. The number of unbranched alkanes of at least 4 members (excludes halogenated alkanes) is 1. The second-order valence-corrected chi connectivity index (χ2v) is 17.8. The second-order valence-electron chi connectivity index (χ2n) is 14.6. The summed E-state index contributed by atoms with van der Waals surface area (Å²) >= 11 is 3.38. The number of alkyl carbamates (subject to hydrolysis) is 1. The fraction of sp³-hybridized carbons (Fsp3) is 0.639. The van der Waals surface area contributed by atoms with Gasteiger partial charge in [0.25, 0.3) is 5.91 Å². The molecule has 2 fully saturated rings. The summed E-state index contributed by atoms with van der Waals surface area (Å²) < 4.78 is 4.85. The Morgan fingerprint density at radius 2 is 1.65 bits per heavy atom. The molecule has 0 bridgehead atoms. The number of likely N-dealkylation sites (tertiary alicyclic amines) is 1. The zero-order valence-electron chi connectivity index (χ0n) is 30.8. The van der Waals surface area contributed by atoms with E-state index in [1.807, 2.05) is 41.5 Å². The first kappa shape index (κ1) is 42.6. The summed E-state index contributed by atoms with van der Waals surface area (Å²) in [6.07, 6.45) is 1.86. The van der Waals surface area contributed by atoms with Gasteiger partial charge in [0.15, 0.2) is 6.04 Å². The molecule has 1 unspecified atom stereocenters. The number of aliphatic carboxylic acids is 1. The lowest BCUT2D eigenvalue weighted by molar-refractivity contribution is -0.144. The van der Waals surface area contributed by atoms with Gasteiger partial charge in [-0.25, -0.2) is 9.59 Å². The number of benzene rings is 1. The van der Waals surface area contributed by atoms with Crippen molar-refractivity contribution in [1.82, 2.24) is 26.2 Å². The summed E-state index contributed by atoms with van der Waals surface area (Å²) in [5.74, 6) is -3.46. The van der Waals surface area contributed by atoms with Gasteiger partial charge in [0.05, 0.1) is 23.3 Å². The van der Waals surface area contributed by atoms with Crippen LogP contribution in [0.15, 0.2) is 30.3 Å². The highest BCUT2D eigenvalue weighted by Gasteiger charge is 2.53. The van der Waals surface area contributed by atoms with Crippen molar-refractivity contribution in [3.63, 3.8) is 0 Å². The minimum Gasteiger partial charge on any atom is -0.479 e. The van der Waals surface area contributed by atoms with Gasteiger partial charge in [-0.1, -0.05) is 84.7 Å². The standard InChI is InChI=1S/C36H53N5O9S2/c1-7-8-15-24(28(43)31(45)37-19-26(42)39-27(33(47)48)23-13-10-9-11-14-23)38-30(44)25-18-36(51-16-12-17-52-36)21-41(25)32(46)29(35(4,5)6)40-34(49)50-20-22(2)3/h9-11,13-14,22,24-25,27,29H,7-8,12,15-21H2,1-6H3,(H,37,45)(H,38,44)(H,39,42)(H,40,49)(H,47,48)/t24-,25+,27?,29-/m1/s1. The van der Waals surface area contributed by atoms with Crippen LogP contribution in [0, 0.1) is 11.3 Å². The third-order valence-corrected chi connectivity index (χ3v) is 12.0. The largest absolute Gasteiger partial charge is 0.479 e. The third-order valence-electron chi connectivity index (χ3n) is 8.62. The molecule has 4 atom stereocenters. The number of nitrogens with zero attached hydrogens (tertiary/aromatic N) is 1. The number of carboxylic acids is 1. The fourth-order valence-electron chi connectivity index (χ4n) is 5.84. The van der Waals surface area contributed by atoms with Gasteiger partial charge >= 0.3 is 12.1 Å². The number of amides is 5. The van der Waals surface area contributed by atoms with Crippen LogP contribution in [0.3, 0.4) is 0 Å². The maximum absolute atomic E-state index is 14.3. The van der Waals surface area contributed by atoms with Gasteiger partial charge < -0.3 is 36.0 Å². The number of hydrogen-bond acceptors (Lipinski definition) is 10. The zero-order valence-corrected chi connectivity index (χ0v) is 32.5. The molecule has 0 saturated carbocycles. The summed E-state index contributed by atoms with van der Waals surface area (Å²) in [5.41, 5.74) is -0.414. The van der Waals surface area contributed by atoms with Gasteiger partial charge in [-0.2, -0.15) is 0 Å². The molecule has 0 aromatic heterocycles. The Balaban J connectivity index is 1.77. The van der Waals surface area contributed by atoms with E-state index < -0.39 is 81.7 Å². The second kappa shape index (κ2) is 19.3.